The van der Waals surface area contributed by atoms with Gasteiger partial charge in [-0.1, -0.05) is 12.1 Å². The van der Waals surface area contributed by atoms with Crippen LogP contribution in [0.4, 0.5) is 5.82 Å². The fourth-order valence-electron chi connectivity index (χ4n) is 3.22. The van der Waals surface area contributed by atoms with Crippen LogP contribution in [0.3, 0.4) is 0 Å². The lowest BCUT2D eigenvalue weighted by molar-refractivity contribution is 0.0948. The zero-order valence-electron chi connectivity index (χ0n) is 15.5. The summed E-state index contributed by atoms with van der Waals surface area (Å²) in [6.07, 6.45) is 7.30. The van der Waals surface area contributed by atoms with Crippen LogP contribution in [0.5, 0.6) is 5.75 Å². The Kier molecular flexibility index (Phi) is 4.40. The summed E-state index contributed by atoms with van der Waals surface area (Å²) in [4.78, 5) is 22.4. The minimum atomic E-state index is -0.237. The number of rotatable bonds is 6. The number of benzene rings is 1. The number of phenolic OH excluding ortho intramolecular Hbond substituents is 1. The molecular formula is C21H19N5O2S. The van der Waals surface area contributed by atoms with Crippen LogP contribution in [0.2, 0.25) is 0 Å². The standard InChI is InChI=1S/C21H19N5O2S/c27-18-10-13(3-6-16(18)21(28)25-14-4-5-14)17-12-24-20-19(22-7-8-26(17)20)23-11-15-2-1-9-29-15/h1-3,6-10,12,14,27H,4-5,11H2,(H,22,23)(H,25,28). The molecule has 1 aliphatic carbocycles. The predicted octanol–water partition coefficient (Wildman–Crippen LogP) is 3.67. The number of fused-ring (bicyclic) bond motifs is 1. The van der Waals surface area contributed by atoms with Gasteiger partial charge in [0.05, 0.1) is 24.0 Å². The van der Waals surface area contributed by atoms with E-state index in [0.29, 0.717) is 18.0 Å². The van der Waals surface area contributed by atoms with E-state index in [2.05, 4.69) is 26.7 Å². The van der Waals surface area contributed by atoms with Crippen molar-refractivity contribution in [3.63, 3.8) is 0 Å². The van der Waals surface area contributed by atoms with Crippen molar-refractivity contribution in [2.75, 3.05) is 5.32 Å². The Bertz CT molecular complexity index is 1180. The molecule has 0 saturated heterocycles. The number of anilines is 1. The van der Waals surface area contributed by atoms with Crippen molar-refractivity contribution in [3.8, 4) is 17.0 Å². The van der Waals surface area contributed by atoms with Crippen LogP contribution in [0.15, 0.2) is 54.3 Å². The third-order valence-electron chi connectivity index (χ3n) is 4.89. The first-order valence-corrected chi connectivity index (χ1v) is 10.3. The lowest BCUT2D eigenvalue weighted by Crippen LogP contribution is -2.25. The van der Waals surface area contributed by atoms with Gasteiger partial charge in [-0.25, -0.2) is 9.97 Å². The van der Waals surface area contributed by atoms with Crippen LogP contribution in [0.25, 0.3) is 16.9 Å². The van der Waals surface area contributed by atoms with E-state index < -0.39 is 0 Å². The SMILES string of the molecule is O=C(NC1CC1)c1ccc(-c2cnc3c(NCc4cccs4)nccn23)cc1O. The van der Waals surface area contributed by atoms with Crippen molar-refractivity contribution in [2.24, 2.45) is 0 Å². The quantitative estimate of drug-likeness (QED) is 0.455. The summed E-state index contributed by atoms with van der Waals surface area (Å²) in [5.41, 5.74) is 2.57. The van der Waals surface area contributed by atoms with E-state index in [1.165, 1.54) is 4.88 Å². The number of aromatic hydroxyl groups is 1. The van der Waals surface area contributed by atoms with Gasteiger partial charge in [-0.15, -0.1) is 11.3 Å². The van der Waals surface area contributed by atoms with E-state index in [-0.39, 0.29) is 23.3 Å². The molecule has 5 rings (SSSR count). The molecule has 29 heavy (non-hydrogen) atoms. The van der Waals surface area contributed by atoms with Gasteiger partial charge in [-0.2, -0.15) is 0 Å². The topological polar surface area (TPSA) is 91.5 Å². The molecule has 3 heterocycles. The maximum Gasteiger partial charge on any atom is 0.255 e. The van der Waals surface area contributed by atoms with Crippen molar-refractivity contribution in [2.45, 2.75) is 25.4 Å². The van der Waals surface area contributed by atoms with Crippen molar-refractivity contribution >= 4 is 28.7 Å². The molecule has 1 saturated carbocycles. The number of hydrogen-bond acceptors (Lipinski definition) is 6. The Morgan fingerprint density at radius 2 is 2.17 bits per heavy atom. The van der Waals surface area contributed by atoms with Gasteiger partial charge in [0, 0.05) is 28.9 Å². The van der Waals surface area contributed by atoms with E-state index in [1.807, 2.05) is 28.1 Å². The molecule has 1 amide bonds. The van der Waals surface area contributed by atoms with E-state index >= 15 is 0 Å². The largest absolute Gasteiger partial charge is 0.507 e. The van der Waals surface area contributed by atoms with Crippen molar-refractivity contribution in [3.05, 3.63) is 64.7 Å². The second-order valence-corrected chi connectivity index (χ2v) is 8.06. The third kappa shape index (κ3) is 3.54. The van der Waals surface area contributed by atoms with Crippen LogP contribution in [0.1, 0.15) is 28.1 Å². The van der Waals surface area contributed by atoms with Gasteiger partial charge in [-0.3, -0.25) is 9.20 Å². The van der Waals surface area contributed by atoms with Gasteiger partial charge in [-0.05, 0) is 36.4 Å². The van der Waals surface area contributed by atoms with Crippen molar-refractivity contribution < 1.29 is 9.90 Å². The second kappa shape index (κ2) is 7.21. The molecule has 4 aromatic rings. The molecule has 3 N–H and O–H groups in total. The summed E-state index contributed by atoms with van der Waals surface area (Å²) >= 11 is 1.68. The Labute approximate surface area is 171 Å². The molecule has 0 bridgehead atoms. The summed E-state index contributed by atoms with van der Waals surface area (Å²) in [6.45, 7) is 0.679. The molecule has 146 valence electrons. The maximum atomic E-state index is 12.2. The fourth-order valence-corrected chi connectivity index (χ4v) is 3.86. The number of nitrogens with one attached hydrogen (secondary N) is 2. The van der Waals surface area contributed by atoms with Crippen LogP contribution < -0.4 is 10.6 Å². The highest BCUT2D eigenvalue weighted by Crippen LogP contribution is 2.29. The van der Waals surface area contributed by atoms with Crippen molar-refractivity contribution in [1.82, 2.24) is 19.7 Å². The van der Waals surface area contributed by atoms with E-state index in [1.54, 1.807) is 35.9 Å². The molecule has 1 aromatic carbocycles. The third-order valence-corrected chi connectivity index (χ3v) is 5.77. The molecule has 1 aliphatic rings. The first kappa shape index (κ1) is 17.7. The second-order valence-electron chi connectivity index (χ2n) is 7.03. The zero-order chi connectivity index (χ0) is 19.8. The van der Waals surface area contributed by atoms with E-state index in [9.17, 15) is 9.90 Å². The first-order chi connectivity index (χ1) is 14.2. The van der Waals surface area contributed by atoms with Crippen LogP contribution in [-0.2, 0) is 6.54 Å². The van der Waals surface area contributed by atoms with E-state index in [0.717, 1.165) is 24.1 Å². The highest BCUT2D eigenvalue weighted by Gasteiger charge is 2.25. The van der Waals surface area contributed by atoms with Gasteiger partial charge in [0.15, 0.2) is 11.5 Å². The number of carbonyl (C=O) groups is 1. The molecule has 0 aliphatic heterocycles. The van der Waals surface area contributed by atoms with E-state index in [4.69, 9.17) is 0 Å². The van der Waals surface area contributed by atoms with Gasteiger partial charge in [0.1, 0.15) is 5.75 Å². The number of carbonyl (C=O) groups excluding carboxylic acids is 1. The van der Waals surface area contributed by atoms with Crippen LogP contribution in [0, 0.1) is 0 Å². The monoisotopic (exact) mass is 405 g/mol. The highest BCUT2D eigenvalue weighted by molar-refractivity contribution is 7.09. The predicted molar refractivity (Wildman–Crippen MR) is 112 cm³/mol. The molecule has 3 aromatic heterocycles. The molecule has 0 atom stereocenters. The van der Waals surface area contributed by atoms with Crippen LogP contribution in [-0.4, -0.2) is 31.4 Å². The number of thiophene rings is 1. The van der Waals surface area contributed by atoms with Gasteiger partial charge in [0.2, 0.25) is 0 Å². The smallest absolute Gasteiger partial charge is 0.255 e. The Morgan fingerprint density at radius 1 is 1.28 bits per heavy atom. The summed E-state index contributed by atoms with van der Waals surface area (Å²) in [7, 11) is 0. The fraction of sp³-hybridized carbons (Fsp3) is 0.190. The van der Waals surface area contributed by atoms with Gasteiger partial charge >= 0.3 is 0 Å². The van der Waals surface area contributed by atoms with Crippen LogP contribution >= 0.6 is 11.3 Å². The number of phenols is 1. The molecule has 0 spiro atoms. The number of nitrogens with zero attached hydrogens (tertiary/aromatic N) is 3. The summed E-state index contributed by atoms with van der Waals surface area (Å²) in [5.74, 6) is 0.413. The minimum Gasteiger partial charge on any atom is -0.507 e. The first-order valence-electron chi connectivity index (χ1n) is 9.41. The number of aromatic nitrogens is 3. The normalized spacial score (nSPS) is 13.5. The van der Waals surface area contributed by atoms with Gasteiger partial charge < -0.3 is 15.7 Å². The Balaban J connectivity index is 1.43. The molecule has 1 fully saturated rings. The summed E-state index contributed by atoms with van der Waals surface area (Å²) in [5, 5.41) is 18.7. The Morgan fingerprint density at radius 3 is 2.93 bits per heavy atom. The molecular weight excluding hydrogens is 386 g/mol. The van der Waals surface area contributed by atoms with Crippen molar-refractivity contribution in [1.29, 1.82) is 0 Å². The zero-order valence-corrected chi connectivity index (χ0v) is 16.3. The molecule has 7 nitrogen and oxygen atoms in total. The number of amides is 1. The highest BCUT2D eigenvalue weighted by atomic mass is 32.1. The summed E-state index contributed by atoms with van der Waals surface area (Å²) < 4.78 is 1.92. The number of imidazole rings is 1. The lowest BCUT2D eigenvalue weighted by atomic mass is 10.1. The average Bonchev–Trinajstić information content (AvgIpc) is 3.20. The van der Waals surface area contributed by atoms with Gasteiger partial charge in [0.25, 0.3) is 5.91 Å². The minimum absolute atomic E-state index is 0.0410. The number of hydrogen-bond donors (Lipinski definition) is 3. The lowest BCUT2D eigenvalue weighted by Gasteiger charge is -2.09. The average molecular weight is 405 g/mol. The molecule has 0 radical (unpaired) electrons. The summed E-state index contributed by atoms with van der Waals surface area (Å²) in [6, 6.07) is 9.41. The molecule has 8 heteroatoms. The maximum absolute atomic E-state index is 12.2. The molecule has 0 unspecified atom stereocenters. The Hall–Kier alpha value is -3.39.